The van der Waals surface area contributed by atoms with Gasteiger partial charge >= 0.3 is 0 Å². The Labute approximate surface area is 224 Å². The molecule has 4 aromatic carbocycles. The highest BCUT2D eigenvalue weighted by atomic mass is 15.2. The predicted molar refractivity (Wildman–Crippen MR) is 159 cm³/mol. The van der Waals surface area contributed by atoms with Gasteiger partial charge in [0.15, 0.2) is 0 Å². The predicted octanol–water partition coefficient (Wildman–Crippen LogP) is 10.3. The molecular formula is C36H39N. The normalized spacial score (nSPS) is 17.7. The molecule has 0 aliphatic heterocycles. The van der Waals surface area contributed by atoms with Crippen molar-refractivity contribution in [2.24, 2.45) is 0 Å². The Morgan fingerprint density at radius 3 is 2.03 bits per heavy atom. The minimum atomic E-state index is -0.572. The molecule has 0 atom stereocenters. The fourth-order valence-corrected chi connectivity index (χ4v) is 6.66. The first-order valence-electron chi connectivity index (χ1n) is 14.3. The van der Waals surface area contributed by atoms with Crippen LogP contribution in [0.15, 0.2) is 91.0 Å². The first-order valence-corrected chi connectivity index (χ1v) is 13.8. The second kappa shape index (κ2) is 8.91. The van der Waals surface area contributed by atoms with Crippen molar-refractivity contribution < 1.29 is 1.37 Å². The average Bonchev–Trinajstić information content (AvgIpc) is 3.44. The Balaban J connectivity index is 1.66. The number of fused-ring (bicyclic) bond motifs is 3. The average molecular weight is 487 g/mol. The molecule has 37 heavy (non-hydrogen) atoms. The molecule has 0 bridgehead atoms. The number of nitrogens with zero attached hydrogens (tertiary/aromatic N) is 1. The molecule has 0 saturated heterocycles. The highest BCUT2D eigenvalue weighted by Gasteiger charge is 2.39. The molecule has 188 valence electrons. The van der Waals surface area contributed by atoms with Crippen LogP contribution in [0.3, 0.4) is 0 Å². The number of hydrogen-bond acceptors (Lipinski definition) is 1. The molecule has 0 radical (unpaired) electrons. The molecule has 1 fully saturated rings. The van der Waals surface area contributed by atoms with E-state index in [9.17, 15) is 1.37 Å². The Bertz CT molecular complexity index is 1490. The first-order chi connectivity index (χ1) is 18.1. The van der Waals surface area contributed by atoms with Crippen molar-refractivity contribution in [1.29, 1.82) is 0 Å². The van der Waals surface area contributed by atoms with Crippen LogP contribution in [0.5, 0.6) is 0 Å². The molecule has 0 N–H and O–H groups in total. The monoisotopic (exact) mass is 486 g/mol. The van der Waals surface area contributed by atoms with Gasteiger partial charge in [-0.05, 0) is 91.1 Å². The quantitative estimate of drug-likeness (QED) is 0.277. The lowest BCUT2D eigenvalue weighted by molar-refractivity contribution is 0.555. The van der Waals surface area contributed by atoms with Crippen LogP contribution in [-0.2, 0) is 5.41 Å². The third kappa shape index (κ3) is 4.00. The van der Waals surface area contributed by atoms with Crippen LogP contribution in [-0.4, -0.2) is 5.54 Å². The minimum Gasteiger partial charge on any atom is -0.335 e. The highest BCUT2D eigenvalue weighted by Crippen LogP contribution is 2.54. The molecule has 2 aliphatic carbocycles. The van der Waals surface area contributed by atoms with E-state index < -0.39 is 5.89 Å². The molecule has 1 heteroatoms. The fraction of sp³-hybridized carbons (Fsp3) is 0.333. The first kappa shape index (κ1) is 22.8. The smallest absolute Gasteiger partial charge is 0.0495 e. The van der Waals surface area contributed by atoms with Crippen LogP contribution in [0.2, 0.25) is 0 Å². The molecular weight excluding hydrogens is 446 g/mol. The summed E-state index contributed by atoms with van der Waals surface area (Å²) >= 11 is 0. The lowest BCUT2D eigenvalue weighted by Gasteiger charge is -2.41. The van der Waals surface area contributed by atoms with Gasteiger partial charge in [0.25, 0.3) is 0 Å². The van der Waals surface area contributed by atoms with Gasteiger partial charge in [0.05, 0.1) is 0 Å². The highest BCUT2D eigenvalue weighted by molar-refractivity contribution is 5.88. The summed E-state index contributed by atoms with van der Waals surface area (Å²) in [5.74, 6) is -0.572. The van der Waals surface area contributed by atoms with E-state index in [1.165, 1.54) is 50.3 Å². The summed E-state index contributed by atoms with van der Waals surface area (Å²) < 4.78 is 9.76. The van der Waals surface area contributed by atoms with Crippen LogP contribution in [0, 0.1) is 0 Å². The zero-order valence-electron chi connectivity index (χ0n) is 23.9. The number of benzene rings is 4. The summed E-state index contributed by atoms with van der Waals surface area (Å²) in [7, 11) is 0. The van der Waals surface area contributed by atoms with Gasteiger partial charge in [0, 0.05) is 29.3 Å². The molecule has 6 rings (SSSR count). The largest absolute Gasteiger partial charge is 0.335 e. The van der Waals surface area contributed by atoms with Crippen molar-refractivity contribution in [3.8, 4) is 22.3 Å². The molecule has 0 spiro atoms. The van der Waals surface area contributed by atoms with Crippen molar-refractivity contribution in [2.75, 3.05) is 4.90 Å². The van der Waals surface area contributed by atoms with Gasteiger partial charge in [-0.15, -0.1) is 0 Å². The topological polar surface area (TPSA) is 3.24 Å². The summed E-state index contributed by atoms with van der Waals surface area (Å²) in [6, 6.07) is 33.2. The maximum atomic E-state index is 9.76. The second-order valence-electron chi connectivity index (χ2n) is 12.3. The van der Waals surface area contributed by atoms with E-state index in [1.807, 2.05) is 0 Å². The van der Waals surface area contributed by atoms with Crippen molar-refractivity contribution in [3.63, 3.8) is 0 Å². The molecule has 0 heterocycles. The van der Waals surface area contributed by atoms with Crippen molar-refractivity contribution in [2.45, 2.75) is 77.1 Å². The SMILES string of the molecule is [2H]C1(c2cc3c(cc2N(c2ccccc2-c2ccccc2)C(C)(C)C)C(C)(C)c2ccccc2-3)CCCC1. The number of anilines is 2. The van der Waals surface area contributed by atoms with Crippen LogP contribution in [0.25, 0.3) is 22.3 Å². The number of rotatable bonds is 4. The van der Waals surface area contributed by atoms with Gasteiger partial charge in [-0.1, -0.05) is 99.5 Å². The Morgan fingerprint density at radius 1 is 0.703 bits per heavy atom. The zero-order chi connectivity index (χ0) is 26.7. The lowest BCUT2D eigenvalue weighted by atomic mass is 9.80. The Kier molecular flexibility index (Phi) is 5.50. The minimum absolute atomic E-state index is 0.0907. The van der Waals surface area contributed by atoms with E-state index in [-0.39, 0.29) is 11.0 Å². The second-order valence-corrected chi connectivity index (χ2v) is 12.3. The van der Waals surface area contributed by atoms with Gasteiger partial charge in [-0.3, -0.25) is 0 Å². The van der Waals surface area contributed by atoms with Gasteiger partial charge in [-0.25, -0.2) is 0 Å². The summed E-state index contributed by atoms with van der Waals surface area (Å²) in [5, 5.41) is 0. The molecule has 4 aromatic rings. The van der Waals surface area contributed by atoms with Crippen molar-refractivity contribution in [1.82, 2.24) is 0 Å². The lowest BCUT2D eigenvalue weighted by Crippen LogP contribution is -2.39. The van der Waals surface area contributed by atoms with E-state index in [1.54, 1.807) is 0 Å². The summed E-state index contributed by atoms with van der Waals surface area (Å²) in [5.41, 5.74) is 11.1. The molecule has 0 amide bonds. The van der Waals surface area contributed by atoms with Crippen LogP contribution < -0.4 is 4.90 Å². The van der Waals surface area contributed by atoms with Crippen LogP contribution in [0.1, 0.15) is 84.3 Å². The van der Waals surface area contributed by atoms with Crippen molar-refractivity contribution >= 4 is 11.4 Å². The van der Waals surface area contributed by atoms with Crippen LogP contribution >= 0.6 is 0 Å². The van der Waals surface area contributed by atoms with Gasteiger partial charge in [0.1, 0.15) is 0 Å². The fourth-order valence-electron chi connectivity index (χ4n) is 6.66. The van der Waals surface area contributed by atoms with E-state index in [0.29, 0.717) is 0 Å². The van der Waals surface area contributed by atoms with E-state index in [2.05, 4.69) is 131 Å². The number of para-hydroxylation sites is 1. The van der Waals surface area contributed by atoms with Crippen LogP contribution in [0.4, 0.5) is 11.4 Å². The summed E-state index contributed by atoms with van der Waals surface area (Å²) in [6.45, 7) is 11.6. The molecule has 0 aromatic heterocycles. The zero-order valence-corrected chi connectivity index (χ0v) is 22.9. The van der Waals surface area contributed by atoms with E-state index >= 15 is 0 Å². The summed E-state index contributed by atoms with van der Waals surface area (Å²) in [6.07, 6.45) is 4.08. The molecule has 1 nitrogen and oxygen atoms in total. The Morgan fingerprint density at radius 2 is 1.32 bits per heavy atom. The molecule has 2 aliphatic rings. The van der Waals surface area contributed by atoms with Gasteiger partial charge < -0.3 is 4.90 Å². The van der Waals surface area contributed by atoms with Crippen molar-refractivity contribution in [3.05, 3.63) is 108 Å². The van der Waals surface area contributed by atoms with E-state index in [4.69, 9.17) is 0 Å². The third-order valence-corrected chi connectivity index (χ3v) is 8.43. The maximum absolute atomic E-state index is 9.76. The maximum Gasteiger partial charge on any atom is 0.0495 e. The van der Waals surface area contributed by atoms with Gasteiger partial charge in [-0.2, -0.15) is 0 Å². The van der Waals surface area contributed by atoms with E-state index in [0.717, 1.165) is 25.7 Å². The third-order valence-electron chi connectivity index (χ3n) is 8.43. The number of hydrogen-bond donors (Lipinski definition) is 0. The standard InChI is InChI=1S/C36H39N/c1-35(2,3)37(33-22-14-12-19-27(33)25-15-7-6-8-16-25)34-24-32-30(23-29(34)26-17-9-10-18-26)28-20-11-13-21-31(28)36(32,4)5/h6-8,11-16,19-24,26H,9-10,17-18H2,1-5H3/i26D. The van der Waals surface area contributed by atoms with Gasteiger partial charge in [0.2, 0.25) is 0 Å². The molecule has 0 unspecified atom stereocenters. The summed E-state index contributed by atoms with van der Waals surface area (Å²) in [4.78, 5) is 2.53. The Hall–Kier alpha value is -3.32. The molecule has 1 saturated carbocycles.